The molecule has 0 aliphatic heterocycles. The standard InChI is InChI=1S/FH2O3P.2Li/c1-5(2,3)4;;/h(H2,2,3,4);;/q;2*+1/p-2. The van der Waals surface area contributed by atoms with Gasteiger partial charge in [-0.3, -0.25) is 0 Å². The topological polar surface area (TPSA) is 63.2 Å². The van der Waals surface area contributed by atoms with E-state index in [4.69, 9.17) is 14.4 Å². The van der Waals surface area contributed by atoms with Crippen LogP contribution in [0.25, 0.3) is 0 Å². The first-order valence-corrected chi connectivity index (χ1v) is 2.15. The van der Waals surface area contributed by atoms with Crippen molar-refractivity contribution in [3.63, 3.8) is 0 Å². The quantitative estimate of drug-likeness (QED) is 0.231. The van der Waals surface area contributed by atoms with Gasteiger partial charge in [0.15, 0.2) is 0 Å². The van der Waals surface area contributed by atoms with Crippen molar-refractivity contribution in [2.45, 2.75) is 0 Å². The molecule has 0 saturated carbocycles. The van der Waals surface area contributed by atoms with Gasteiger partial charge in [-0.2, -0.15) is 0 Å². The van der Waals surface area contributed by atoms with Crippen LogP contribution in [-0.2, 0) is 4.57 Å². The predicted octanol–water partition coefficient (Wildman–Crippen LogP) is -7.21. The molecular formula is FLi2O3P. The van der Waals surface area contributed by atoms with Crippen LogP contribution in [0.4, 0.5) is 4.20 Å². The van der Waals surface area contributed by atoms with Crippen molar-refractivity contribution in [2.24, 2.45) is 0 Å². The molecule has 0 fully saturated rings. The van der Waals surface area contributed by atoms with Gasteiger partial charge in [-0.25, -0.2) is 4.20 Å². The summed E-state index contributed by atoms with van der Waals surface area (Å²) in [4.78, 5) is 16.9. The Kier molecular flexibility index (Phi) is 12.2. The summed E-state index contributed by atoms with van der Waals surface area (Å²) in [5.41, 5.74) is 0. The van der Waals surface area contributed by atoms with Crippen LogP contribution in [0.3, 0.4) is 0 Å². The SMILES string of the molecule is O=P([O-])([O-])F.[Li+].[Li+]. The van der Waals surface area contributed by atoms with Gasteiger partial charge in [0.2, 0.25) is 0 Å². The minimum atomic E-state index is -5.64. The van der Waals surface area contributed by atoms with E-state index < -0.39 is 7.91 Å². The maximum Gasteiger partial charge on any atom is 1.00 e. The van der Waals surface area contributed by atoms with E-state index in [0.29, 0.717) is 0 Å². The van der Waals surface area contributed by atoms with Crippen LogP contribution in [0.1, 0.15) is 0 Å². The van der Waals surface area contributed by atoms with Gasteiger partial charge < -0.3 is 14.4 Å². The van der Waals surface area contributed by atoms with Gasteiger partial charge in [-0.1, -0.05) is 0 Å². The van der Waals surface area contributed by atoms with Gasteiger partial charge in [-0.05, 0) is 0 Å². The van der Waals surface area contributed by atoms with E-state index in [-0.39, 0.29) is 37.7 Å². The van der Waals surface area contributed by atoms with Gasteiger partial charge in [0.1, 0.15) is 7.91 Å². The smallest absolute Gasteiger partial charge is 0.786 e. The molecule has 0 amide bonds. The Morgan fingerprint density at radius 1 is 1.29 bits per heavy atom. The molecule has 0 aromatic carbocycles. The normalized spacial score (nSPS) is 8.43. The van der Waals surface area contributed by atoms with E-state index in [1.54, 1.807) is 0 Å². The number of hydrogen-bond acceptors (Lipinski definition) is 3. The first kappa shape index (κ1) is 15.7. The molecule has 0 bridgehead atoms. The van der Waals surface area contributed by atoms with E-state index in [9.17, 15) is 4.20 Å². The first-order valence-electron chi connectivity index (χ1n) is 0.717. The Hall–Kier alpha value is 1.27. The van der Waals surface area contributed by atoms with E-state index >= 15 is 0 Å². The Bertz CT molecular complexity index is 59.1. The summed E-state index contributed by atoms with van der Waals surface area (Å²) >= 11 is 0. The molecule has 0 aliphatic rings. The van der Waals surface area contributed by atoms with E-state index in [1.165, 1.54) is 0 Å². The summed E-state index contributed by atoms with van der Waals surface area (Å²) in [5.74, 6) is 0. The van der Waals surface area contributed by atoms with E-state index in [0.717, 1.165) is 0 Å². The summed E-state index contributed by atoms with van der Waals surface area (Å²) in [6.45, 7) is 0. The van der Waals surface area contributed by atoms with Crippen LogP contribution in [0.15, 0.2) is 0 Å². The third kappa shape index (κ3) is 125. The summed E-state index contributed by atoms with van der Waals surface area (Å²) in [5, 5.41) is 0. The van der Waals surface area contributed by atoms with Gasteiger partial charge >= 0.3 is 37.7 Å². The van der Waals surface area contributed by atoms with Crippen molar-refractivity contribution in [1.82, 2.24) is 0 Å². The molecule has 0 aromatic rings. The van der Waals surface area contributed by atoms with Crippen LogP contribution in [0.2, 0.25) is 0 Å². The van der Waals surface area contributed by atoms with Crippen LogP contribution in [0.5, 0.6) is 0 Å². The van der Waals surface area contributed by atoms with Crippen molar-refractivity contribution >= 4 is 7.91 Å². The van der Waals surface area contributed by atoms with Crippen molar-refractivity contribution in [3.8, 4) is 0 Å². The third-order valence-electron chi connectivity index (χ3n) is 0. The molecule has 0 rings (SSSR count). The summed E-state index contributed by atoms with van der Waals surface area (Å²) in [7, 11) is -5.64. The van der Waals surface area contributed by atoms with Gasteiger partial charge in [0.05, 0.1) is 0 Å². The molecule has 0 N–H and O–H groups in total. The number of halogens is 1. The number of hydrogen-bond donors (Lipinski definition) is 0. The Morgan fingerprint density at radius 2 is 1.29 bits per heavy atom. The molecule has 32 valence electrons. The van der Waals surface area contributed by atoms with Gasteiger partial charge in [0, 0.05) is 0 Å². The van der Waals surface area contributed by atoms with E-state index in [1.807, 2.05) is 0 Å². The average Bonchev–Trinajstić information content (AvgIpc) is 0.722. The molecule has 0 aliphatic carbocycles. The monoisotopic (exact) mass is 112 g/mol. The molecule has 0 heterocycles. The molecule has 0 unspecified atom stereocenters. The molecule has 7 heavy (non-hydrogen) atoms. The molecule has 0 atom stereocenters. The molecule has 3 nitrogen and oxygen atoms in total. The van der Waals surface area contributed by atoms with Crippen molar-refractivity contribution in [1.29, 1.82) is 0 Å². The zero-order valence-corrected chi connectivity index (χ0v) is 4.94. The Morgan fingerprint density at radius 3 is 1.29 bits per heavy atom. The van der Waals surface area contributed by atoms with Crippen molar-refractivity contribution in [2.75, 3.05) is 0 Å². The van der Waals surface area contributed by atoms with Crippen LogP contribution < -0.4 is 47.5 Å². The Balaban J connectivity index is -0.0000000800. The minimum Gasteiger partial charge on any atom is -0.786 e. The molecule has 0 spiro atoms. The summed E-state index contributed by atoms with van der Waals surface area (Å²) < 4.78 is 18.6. The zero-order chi connectivity index (χ0) is 4.50. The molecular weight excluding hydrogens is 112 g/mol. The largest absolute Gasteiger partial charge is 1.00 e. The fraction of sp³-hybridized carbons (Fsp3) is 0. The zero-order valence-electron chi connectivity index (χ0n) is 4.05. The maximum atomic E-state index is 10.1. The predicted molar refractivity (Wildman–Crippen MR) is 8.71 cm³/mol. The van der Waals surface area contributed by atoms with Crippen LogP contribution in [-0.4, -0.2) is 0 Å². The second-order valence-electron chi connectivity index (χ2n) is 0.431. The fourth-order valence-corrected chi connectivity index (χ4v) is 0. The minimum absolute atomic E-state index is 0. The second kappa shape index (κ2) is 5.41. The van der Waals surface area contributed by atoms with Crippen LogP contribution >= 0.6 is 7.91 Å². The summed E-state index contributed by atoms with van der Waals surface area (Å²) in [6, 6.07) is 0. The summed E-state index contributed by atoms with van der Waals surface area (Å²) in [6.07, 6.45) is 0. The fourth-order valence-electron chi connectivity index (χ4n) is 0. The Labute approximate surface area is 64.3 Å². The number of rotatable bonds is 0. The van der Waals surface area contributed by atoms with Gasteiger partial charge in [-0.15, -0.1) is 0 Å². The van der Waals surface area contributed by atoms with Crippen LogP contribution in [0, 0.1) is 0 Å². The van der Waals surface area contributed by atoms with Crippen molar-refractivity contribution < 1.29 is 56.3 Å². The van der Waals surface area contributed by atoms with Gasteiger partial charge in [0.25, 0.3) is 0 Å². The first-order chi connectivity index (χ1) is 2.00. The maximum absolute atomic E-state index is 10.1. The molecule has 0 saturated heterocycles. The van der Waals surface area contributed by atoms with Crippen molar-refractivity contribution in [3.05, 3.63) is 0 Å². The third-order valence-corrected chi connectivity index (χ3v) is 0. The average molecular weight is 112 g/mol. The second-order valence-corrected chi connectivity index (χ2v) is 1.29. The van der Waals surface area contributed by atoms with E-state index in [2.05, 4.69) is 0 Å². The molecule has 7 heteroatoms. The molecule has 0 radical (unpaired) electrons. The molecule has 0 aromatic heterocycles.